The molecule has 0 atom stereocenters. The van der Waals surface area contributed by atoms with Gasteiger partial charge in [0.25, 0.3) is 0 Å². The summed E-state index contributed by atoms with van der Waals surface area (Å²) in [4.78, 5) is 14.1. The molecule has 0 bridgehead atoms. The van der Waals surface area contributed by atoms with E-state index in [9.17, 15) is 18.5 Å². The molecule has 0 spiro atoms. The normalized spacial score (nSPS) is 15.6. The van der Waals surface area contributed by atoms with Crippen molar-refractivity contribution >= 4 is 15.8 Å². The van der Waals surface area contributed by atoms with E-state index in [2.05, 4.69) is 4.98 Å². The van der Waals surface area contributed by atoms with Gasteiger partial charge in [-0.1, -0.05) is 0 Å². The number of hydrogen-bond acceptors (Lipinski definition) is 7. The quantitative estimate of drug-likeness (QED) is 0.581. The Morgan fingerprint density at radius 1 is 1.24 bits per heavy atom. The van der Waals surface area contributed by atoms with E-state index >= 15 is 0 Å². The van der Waals surface area contributed by atoms with Crippen LogP contribution in [0.2, 0.25) is 0 Å². The number of ether oxygens (including phenoxy) is 2. The highest BCUT2D eigenvalue weighted by molar-refractivity contribution is 7.89. The van der Waals surface area contributed by atoms with Gasteiger partial charge in [-0.3, -0.25) is 4.57 Å². The average Bonchev–Trinajstić information content (AvgIpc) is 2.97. The molecule has 0 unspecified atom stereocenters. The highest BCUT2D eigenvalue weighted by Gasteiger charge is 2.28. The predicted octanol–water partition coefficient (Wildman–Crippen LogP) is 0.883. The summed E-state index contributed by atoms with van der Waals surface area (Å²) in [6.45, 7) is 0.516. The van der Waals surface area contributed by atoms with Crippen LogP contribution in [0.4, 0.5) is 5.82 Å². The molecule has 1 aliphatic rings. The van der Waals surface area contributed by atoms with Crippen LogP contribution in [0.3, 0.4) is 0 Å². The third kappa shape index (κ3) is 3.42. The fourth-order valence-electron chi connectivity index (χ4n) is 2.46. The smallest absolute Gasteiger partial charge is 0.414 e. The Kier molecular flexibility index (Phi) is 4.59. The number of benzene rings is 1. The van der Waals surface area contributed by atoms with Crippen LogP contribution in [0.15, 0.2) is 35.4 Å². The molecule has 25 heavy (non-hydrogen) atoms. The van der Waals surface area contributed by atoms with E-state index in [4.69, 9.17) is 9.47 Å². The minimum absolute atomic E-state index is 0.0452. The van der Waals surface area contributed by atoms with Gasteiger partial charge in [-0.15, -0.1) is 0 Å². The van der Waals surface area contributed by atoms with Crippen molar-refractivity contribution in [2.45, 2.75) is 11.4 Å². The predicted molar refractivity (Wildman–Crippen MR) is 86.1 cm³/mol. The molecule has 0 fully saturated rings. The van der Waals surface area contributed by atoms with Crippen LogP contribution in [0.25, 0.3) is 0 Å². The first-order valence-electron chi connectivity index (χ1n) is 7.40. The van der Waals surface area contributed by atoms with Crippen LogP contribution in [0, 0.1) is 10.1 Å². The lowest BCUT2D eigenvalue weighted by atomic mass is 10.3. The molecule has 10 nitrogen and oxygen atoms in total. The van der Waals surface area contributed by atoms with Gasteiger partial charge in [0.05, 0.1) is 12.0 Å². The minimum Gasteiger partial charge on any atom is -0.497 e. The number of nitro groups is 1. The largest absolute Gasteiger partial charge is 0.497 e. The minimum atomic E-state index is -3.71. The molecule has 2 heterocycles. The van der Waals surface area contributed by atoms with Gasteiger partial charge >= 0.3 is 11.8 Å². The van der Waals surface area contributed by atoms with Crippen molar-refractivity contribution < 1.29 is 22.8 Å². The van der Waals surface area contributed by atoms with Crippen molar-refractivity contribution in [2.75, 3.05) is 26.8 Å². The van der Waals surface area contributed by atoms with E-state index < -0.39 is 14.9 Å². The zero-order chi connectivity index (χ0) is 18.0. The summed E-state index contributed by atoms with van der Waals surface area (Å²) in [7, 11) is -2.21. The summed E-state index contributed by atoms with van der Waals surface area (Å²) in [5.74, 6) is 0.228. The molecule has 11 heteroatoms. The second kappa shape index (κ2) is 6.69. The second-order valence-corrected chi connectivity index (χ2v) is 7.20. The summed E-state index contributed by atoms with van der Waals surface area (Å²) >= 11 is 0. The van der Waals surface area contributed by atoms with Crippen molar-refractivity contribution in [3.63, 3.8) is 0 Å². The van der Waals surface area contributed by atoms with Crippen molar-refractivity contribution in [3.05, 3.63) is 40.6 Å². The molecule has 0 radical (unpaired) electrons. The maximum absolute atomic E-state index is 12.8. The summed E-state index contributed by atoms with van der Waals surface area (Å²) < 4.78 is 38.7. The average molecular weight is 368 g/mol. The maximum atomic E-state index is 12.8. The van der Waals surface area contributed by atoms with Gasteiger partial charge < -0.3 is 19.6 Å². The highest BCUT2D eigenvalue weighted by atomic mass is 32.2. The molecule has 0 saturated heterocycles. The zero-order valence-corrected chi connectivity index (χ0v) is 14.2. The number of hydrogen-bond donors (Lipinski definition) is 0. The Morgan fingerprint density at radius 3 is 2.60 bits per heavy atom. The lowest BCUT2D eigenvalue weighted by molar-refractivity contribution is -0.389. The van der Waals surface area contributed by atoms with Crippen LogP contribution in [0.5, 0.6) is 11.8 Å². The van der Waals surface area contributed by atoms with Crippen LogP contribution in [-0.4, -0.2) is 54.0 Å². The first kappa shape index (κ1) is 17.2. The van der Waals surface area contributed by atoms with Gasteiger partial charge in [-0.2, -0.15) is 4.31 Å². The molecule has 134 valence electrons. The third-order valence-electron chi connectivity index (χ3n) is 3.77. The maximum Gasteiger partial charge on any atom is 0.414 e. The van der Waals surface area contributed by atoms with Gasteiger partial charge in [-0.05, 0) is 29.2 Å². The molecule has 0 amide bonds. The van der Waals surface area contributed by atoms with Crippen molar-refractivity contribution in [2.24, 2.45) is 0 Å². The SMILES string of the molecule is COc1ccc(S(=O)(=O)N2CCOc3nc([N+](=O)[O-])cn3CC2)cc1. The number of sulfonamides is 1. The number of fused-ring (bicyclic) bond motifs is 1. The van der Waals surface area contributed by atoms with Gasteiger partial charge in [0, 0.05) is 24.6 Å². The lowest BCUT2D eigenvalue weighted by Gasteiger charge is -2.24. The molecule has 0 N–H and O–H groups in total. The molecule has 3 rings (SSSR count). The number of aromatic nitrogens is 2. The van der Waals surface area contributed by atoms with Gasteiger partial charge in [-0.25, -0.2) is 8.42 Å². The van der Waals surface area contributed by atoms with E-state index in [1.807, 2.05) is 0 Å². The number of methoxy groups -OCH3 is 1. The Morgan fingerprint density at radius 2 is 1.96 bits per heavy atom. The van der Waals surface area contributed by atoms with Crippen LogP contribution >= 0.6 is 0 Å². The summed E-state index contributed by atoms with van der Waals surface area (Å²) in [5, 5.41) is 10.8. The Balaban J connectivity index is 1.82. The molecule has 1 aromatic carbocycles. The zero-order valence-electron chi connectivity index (χ0n) is 13.4. The van der Waals surface area contributed by atoms with Crippen molar-refractivity contribution in [1.82, 2.24) is 13.9 Å². The lowest BCUT2D eigenvalue weighted by Crippen LogP contribution is -2.38. The van der Waals surface area contributed by atoms with E-state index in [1.54, 1.807) is 12.1 Å². The van der Waals surface area contributed by atoms with Gasteiger partial charge in [0.15, 0.2) is 0 Å². The summed E-state index contributed by atoms with van der Waals surface area (Å²) in [5.41, 5.74) is 0. The molecule has 1 aromatic heterocycles. The van der Waals surface area contributed by atoms with Crippen molar-refractivity contribution in [1.29, 1.82) is 0 Å². The molecular formula is C14H16N4O6S. The van der Waals surface area contributed by atoms with E-state index in [0.29, 0.717) is 5.75 Å². The Hall–Kier alpha value is -2.66. The molecule has 0 saturated carbocycles. The fraction of sp³-hybridized carbons (Fsp3) is 0.357. The number of rotatable bonds is 4. The Labute approximate surface area is 143 Å². The monoisotopic (exact) mass is 368 g/mol. The van der Waals surface area contributed by atoms with Gasteiger partial charge in [0.2, 0.25) is 10.0 Å². The number of imidazole rings is 1. The molecular weight excluding hydrogens is 352 g/mol. The first-order valence-corrected chi connectivity index (χ1v) is 8.84. The third-order valence-corrected chi connectivity index (χ3v) is 5.69. The molecule has 2 aromatic rings. The van der Waals surface area contributed by atoms with E-state index in [-0.39, 0.29) is 43.0 Å². The van der Waals surface area contributed by atoms with E-state index in [0.717, 1.165) is 0 Å². The summed E-state index contributed by atoms with van der Waals surface area (Å²) in [6.07, 6.45) is 1.23. The Bertz CT molecular complexity index is 877. The standard InChI is InChI=1S/C14H16N4O6S/c1-23-11-2-4-12(5-3-11)25(21,22)17-7-6-16-10-13(18(19)20)15-14(16)24-9-8-17/h2-5,10H,6-9H2,1H3. The van der Waals surface area contributed by atoms with Crippen molar-refractivity contribution in [3.8, 4) is 11.8 Å². The fourth-order valence-corrected chi connectivity index (χ4v) is 3.87. The van der Waals surface area contributed by atoms with Crippen LogP contribution in [0.1, 0.15) is 0 Å². The topological polar surface area (TPSA) is 117 Å². The first-order chi connectivity index (χ1) is 11.9. The van der Waals surface area contributed by atoms with Gasteiger partial charge in [0.1, 0.15) is 18.6 Å². The highest BCUT2D eigenvalue weighted by Crippen LogP contribution is 2.23. The van der Waals surface area contributed by atoms with E-state index in [1.165, 1.54) is 34.3 Å². The molecule has 1 aliphatic heterocycles. The summed E-state index contributed by atoms with van der Waals surface area (Å²) in [6, 6.07) is 6.21. The second-order valence-electron chi connectivity index (χ2n) is 5.26. The van der Waals surface area contributed by atoms with Crippen LogP contribution < -0.4 is 9.47 Å². The molecule has 0 aliphatic carbocycles. The number of nitrogens with zero attached hydrogens (tertiary/aromatic N) is 4. The van der Waals surface area contributed by atoms with Crippen LogP contribution in [-0.2, 0) is 16.6 Å².